The van der Waals surface area contributed by atoms with Crippen LogP contribution in [0.1, 0.15) is 83.6 Å². The monoisotopic (exact) mass is 726 g/mol. The second-order valence-electron chi connectivity index (χ2n) is 16.7. The number of rotatable bonds is 6. The molecule has 8 aromatic rings. The quantitative estimate of drug-likeness (QED) is 0.174. The van der Waals surface area contributed by atoms with Gasteiger partial charge in [0.15, 0.2) is 0 Å². The van der Waals surface area contributed by atoms with Gasteiger partial charge in [-0.2, -0.15) is 0 Å². The minimum Gasteiger partial charge on any atom is -0.507 e. The molecule has 8 rings (SSSR count). The number of hydrogen-bond acceptors (Lipinski definition) is 5. The number of benzene rings is 6. The van der Waals surface area contributed by atoms with Crippen LogP contribution in [0.5, 0.6) is 5.75 Å². The molecule has 0 saturated carbocycles. The van der Waals surface area contributed by atoms with E-state index in [1.165, 1.54) is 16.7 Å². The first-order valence-corrected chi connectivity index (χ1v) is 19.5. The van der Waals surface area contributed by atoms with Crippen LogP contribution >= 0.6 is 11.3 Å². The van der Waals surface area contributed by atoms with Crippen molar-refractivity contribution in [3.8, 4) is 38.6 Å². The predicted molar refractivity (Wildman–Crippen MR) is 230 cm³/mol. The maximum atomic E-state index is 10.7. The maximum absolute atomic E-state index is 10.7. The summed E-state index contributed by atoms with van der Waals surface area (Å²) in [5.41, 5.74) is 13.1. The first-order chi connectivity index (χ1) is 25.8. The summed E-state index contributed by atoms with van der Waals surface area (Å²) in [6, 6.07) is 40.2. The van der Waals surface area contributed by atoms with Crippen molar-refractivity contribution < 1.29 is 9.52 Å². The van der Waals surface area contributed by atoms with Gasteiger partial charge in [0.25, 0.3) is 0 Å². The normalized spacial score (nSPS) is 12.6. The minimum atomic E-state index is -0.0933. The second kappa shape index (κ2) is 13.4. The third-order valence-electron chi connectivity index (χ3n) is 10.4. The van der Waals surface area contributed by atoms with E-state index in [0.717, 1.165) is 70.7 Å². The van der Waals surface area contributed by atoms with Gasteiger partial charge in [0.1, 0.15) is 21.9 Å². The molecule has 0 amide bonds. The van der Waals surface area contributed by atoms with E-state index in [4.69, 9.17) is 14.4 Å². The lowest BCUT2D eigenvalue weighted by atomic mass is 9.84. The lowest BCUT2D eigenvalue weighted by molar-refractivity contribution is 0.473. The van der Waals surface area contributed by atoms with Crippen LogP contribution in [0.2, 0.25) is 0 Å². The van der Waals surface area contributed by atoms with E-state index in [2.05, 4.69) is 128 Å². The number of phenols is 1. The van der Waals surface area contributed by atoms with Crippen LogP contribution in [0.25, 0.3) is 65.0 Å². The first kappa shape index (κ1) is 35.5. The fourth-order valence-electron chi connectivity index (χ4n) is 7.14. The van der Waals surface area contributed by atoms with E-state index >= 15 is 0 Å². The molecule has 0 bridgehead atoms. The smallest absolute Gasteiger partial charge is 0.143 e. The molecule has 0 unspecified atom stereocenters. The minimum absolute atomic E-state index is 0.0495. The van der Waals surface area contributed by atoms with Gasteiger partial charge in [0, 0.05) is 39.2 Å². The van der Waals surface area contributed by atoms with Gasteiger partial charge >= 0.3 is 0 Å². The van der Waals surface area contributed by atoms with E-state index < -0.39 is 0 Å². The Hall–Kier alpha value is -5.52. The highest BCUT2D eigenvalue weighted by Crippen LogP contribution is 2.46. The second-order valence-corrected chi connectivity index (χ2v) is 17.7. The van der Waals surface area contributed by atoms with Gasteiger partial charge in [-0.05, 0) is 93.1 Å². The van der Waals surface area contributed by atoms with E-state index in [-0.39, 0.29) is 16.6 Å². The van der Waals surface area contributed by atoms with E-state index in [1.807, 2.05) is 36.4 Å². The van der Waals surface area contributed by atoms with Crippen molar-refractivity contribution in [2.24, 2.45) is 4.99 Å². The summed E-state index contributed by atoms with van der Waals surface area (Å²) in [5.74, 6) is 0.674. The zero-order valence-electron chi connectivity index (χ0n) is 32.3. The zero-order chi connectivity index (χ0) is 37.9. The number of fused-ring (bicyclic) bond motifs is 4. The van der Waals surface area contributed by atoms with Crippen LogP contribution in [0.15, 0.2) is 125 Å². The van der Waals surface area contributed by atoms with Crippen molar-refractivity contribution >= 4 is 55.4 Å². The molecule has 5 heteroatoms. The first-order valence-electron chi connectivity index (χ1n) is 18.7. The topological polar surface area (TPSA) is 58.6 Å². The van der Waals surface area contributed by atoms with Crippen LogP contribution in [0.3, 0.4) is 0 Å². The molecule has 0 saturated heterocycles. The lowest BCUT2D eigenvalue weighted by Gasteiger charge is -2.20. The Balaban J connectivity index is 1.31. The molecule has 0 spiro atoms. The SMILES string of the molecule is CC(C)c1ccc(-c2ccc(-c3cc(C(C)(C)C)cc4sc(-c5ccccc5N=Cc5cc(C(C)(C)C)ccc5O)nc34)c3oc4ccccc4c23)cc1. The molecule has 1 N–H and O–H groups in total. The molecule has 0 radical (unpaired) electrons. The number of aliphatic imine (C=N–C) groups is 1. The number of aromatic hydroxyl groups is 1. The van der Waals surface area contributed by atoms with Crippen molar-refractivity contribution in [1.29, 1.82) is 0 Å². The molecular weight excluding hydrogens is 681 g/mol. The van der Waals surface area contributed by atoms with E-state index in [0.29, 0.717) is 11.5 Å². The number of phenolic OH excluding ortho intramolecular Hbond substituents is 1. The lowest BCUT2D eigenvalue weighted by Crippen LogP contribution is -2.11. The van der Waals surface area contributed by atoms with E-state index in [1.54, 1.807) is 23.6 Å². The van der Waals surface area contributed by atoms with Gasteiger partial charge in [-0.15, -0.1) is 11.3 Å². The summed E-state index contributed by atoms with van der Waals surface area (Å²) in [4.78, 5) is 10.3. The van der Waals surface area contributed by atoms with Crippen molar-refractivity contribution in [2.45, 2.75) is 72.1 Å². The van der Waals surface area contributed by atoms with Crippen LogP contribution in [0.4, 0.5) is 5.69 Å². The van der Waals surface area contributed by atoms with Gasteiger partial charge in [-0.3, -0.25) is 4.99 Å². The molecule has 0 aliphatic heterocycles. The fraction of sp³-hybridized carbons (Fsp3) is 0.224. The fourth-order valence-corrected chi connectivity index (χ4v) is 8.21. The average molecular weight is 727 g/mol. The molecular formula is C49H46N2O2S. The van der Waals surface area contributed by atoms with E-state index in [9.17, 15) is 5.11 Å². The molecule has 2 aromatic heterocycles. The molecule has 54 heavy (non-hydrogen) atoms. The Kier molecular flexibility index (Phi) is 8.81. The van der Waals surface area contributed by atoms with Crippen molar-refractivity contribution in [1.82, 2.24) is 4.98 Å². The average Bonchev–Trinajstić information content (AvgIpc) is 3.76. The Labute approximate surface area is 321 Å². The summed E-state index contributed by atoms with van der Waals surface area (Å²) < 4.78 is 7.91. The third-order valence-corrected chi connectivity index (χ3v) is 11.5. The largest absolute Gasteiger partial charge is 0.507 e. The summed E-state index contributed by atoms with van der Waals surface area (Å²) in [5, 5.41) is 13.8. The Morgan fingerprint density at radius 3 is 2.15 bits per heavy atom. The zero-order valence-corrected chi connectivity index (χ0v) is 33.1. The number of furan rings is 1. The number of para-hydroxylation sites is 2. The van der Waals surface area contributed by atoms with Crippen LogP contribution in [-0.4, -0.2) is 16.3 Å². The highest BCUT2D eigenvalue weighted by atomic mass is 32.1. The van der Waals surface area contributed by atoms with Gasteiger partial charge in [0.05, 0.1) is 15.9 Å². The molecule has 0 fully saturated rings. The number of thiazole rings is 1. The Morgan fingerprint density at radius 2 is 1.41 bits per heavy atom. The summed E-state index contributed by atoms with van der Waals surface area (Å²) in [6.45, 7) is 17.7. The van der Waals surface area contributed by atoms with Crippen molar-refractivity contribution in [3.05, 3.63) is 138 Å². The molecule has 0 aliphatic carbocycles. The Bertz CT molecular complexity index is 2720. The van der Waals surface area contributed by atoms with Crippen molar-refractivity contribution in [3.63, 3.8) is 0 Å². The maximum Gasteiger partial charge on any atom is 0.143 e. The van der Waals surface area contributed by atoms with Crippen LogP contribution in [0, 0.1) is 0 Å². The molecule has 0 aliphatic rings. The van der Waals surface area contributed by atoms with Gasteiger partial charge < -0.3 is 9.52 Å². The molecule has 6 aromatic carbocycles. The van der Waals surface area contributed by atoms with Gasteiger partial charge in [0.2, 0.25) is 0 Å². The standard InChI is InChI=1S/C49H46N2O2S/c1-29(2)30-17-19-31(20-18-30)35-22-23-36(46-44(35)38-14-10-12-16-42(38)53-46)39-26-34(49(6,7)8)27-43-45(39)51-47(54-43)37-13-9-11-15-40(37)50-28-32-25-33(48(3,4)5)21-24-41(32)52/h9-29,52H,1-8H3. The third kappa shape index (κ3) is 6.51. The molecule has 0 atom stereocenters. The Morgan fingerprint density at radius 1 is 0.704 bits per heavy atom. The number of aromatic nitrogens is 1. The number of nitrogens with zero attached hydrogens (tertiary/aromatic N) is 2. The van der Waals surface area contributed by atoms with Gasteiger partial charge in [-0.25, -0.2) is 4.98 Å². The number of hydrogen-bond donors (Lipinski definition) is 1. The van der Waals surface area contributed by atoms with Crippen LogP contribution in [-0.2, 0) is 10.8 Å². The van der Waals surface area contributed by atoms with Gasteiger partial charge in [-0.1, -0.05) is 122 Å². The molecule has 270 valence electrons. The molecule has 4 nitrogen and oxygen atoms in total. The summed E-state index contributed by atoms with van der Waals surface area (Å²) >= 11 is 1.68. The van der Waals surface area contributed by atoms with Crippen molar-refractivity contribution in [2.75, 3.05) is 0 Å². The highest BCUT2D eigenvalue weighted by molar-refractivity contribution is 7.21. The summed E-state index contributed by atoms with van der Waals surface area (Å²) in [7, 11) is 0. The molecule has 2 heterocycles. The summed E-state index contributed by atoms with van der Waals surface area (Å²) in [6.07, 6.45) is 1.76. The highest BCUT2D eigenvalue weighted by Gasteiger charge is 2.24. The van der Waals surface area contributed by atoms with Crippen LogP contribution < -0.4 is 0 Å². The predicted octanol–water partition coefficient (Wildman–Crippen LogP) is 14.4.